The van der Waals surface area contributed by atoms with Gasteiger partial charge >= 0.3 is 5.97 Å². The SMILES string of the molecule is C#CC(C)OCC1(CC(=O)O)CC1. The molecule has 1 aliphatic carbocycles. The molecule has 0 heterocycles. The third kappa shape index (κ3) is 3.08. The van der Waals surface area contributed by atoms with Crippen LogP contribution in [0.5, 0.6) is 0 Å². The van der Waals surface area contributed by atoms with Gasteiger partial charge in [0.05, 0.1) is 13.0 Å². The first-order valence-electron chi connectivity index (χ1n) is 4.37. The summed E-state index contributed by atoms with van der Waals surface area (Å²) >= 11 is 0. The van der Waals surface area contributed by atoms with Crippen molar-refractivity contribution in [3.8, 4) is 12.3 Å². The van der Waals surface area contributed by atoms with Crippen LogP contribution >= 0.6 is 0 Å². The topological polar surface area (TPSA) is 46.5 Å². The van der Waals surface area contributed by atoms with Crippen molar-refractivity contribution in [1.82, 2.24) is 0 Å². The summed E-state index contributed by atoms with van der Waals surface area (Å²) in [5.41, 5.74) is -0.114. The van der Waals surface area contributed by atoms with Crippen molar-refractivity contribution in [2.24, 2.45) is 5.41 Å². The van der Waals surface area contributed by atoms with E-state index in [2.05, 4.69) is 5.92 Å². The van der Waals surface area contributed by atoms with E-state index in [0.29, 0.717) is 6.61 Å². The van der Waals surface area contributed by atoms with Crippen LogP contribution in [0, 0.1) is 17.8 Å². The number of terminal acetylenes is 1. The van der Waals surface area contributed by atoms with Crippen LogP contribution in [0.3, 0.4) is 0 Å². The van der Waals surface area contributed by atoms with Gasteiger partial charge in [0, 0.05) is 5.41 Å². The third-order valence-electron chi connectivity index (χ3n) is 2.36. The molecule has 0 aromatic heterocycles. The highest BCUT2D eigenvalue weighted by Gasteiger charge is 2.44. The molecule has 1 saturated carbocycles. The van der Waals surface area contributed by atoms with Crippen LogP contribution in [0.15, 0.2) is 0 Å². The van der Waals surface area contributed by atoms with Gasteiger partial charge in [0.1, 0.15) is 6.10 Å². The highest BCUT2D eigenvalue weighted by Crippen LogP contribution is 2.49. The van der Waals surface area contributed by atoms with Gasteiger partial charge in [0.15, 0.2) is 0 Å². The minimum atomic E-state index is -0.755. The smallest absolute Gasteiger partial charge is 0.303 e. The van der Waals surface area contributed by atoms with Crippen molar-refractivity contribution in [1.29, 1.82) is 0 Å². The number of aliphatic carboxylic acids is 1. The van der Waals surface area contributed by atoms with Gasteiger partial charge in [-0.05, 0) is 19.8 Å². The van der Waals surface area contributed by atoms with E-state index < -0.39 is 5.97 Å². The second kappa shape index (κ2) is 3.80. The van der Waals surface area contributed by atoms with E-state index >= 15 is 0 Å². The van der Waals surface area contributed by atoms with Crippen LogP contribution < -0.4 is 0 Å². The van der Waals surface area contributed by atoms with Gasteiger partial charge in [-0.15, -0.1) is 6.42 Å². The second-order valence-corrected chi connectivity index (χ2v) is 3.69. The van der Waals surface area contributed by atoms with E-state index in [1.807, 2.05) is 0 Å². The first-order chi connectivity index (χ1) is 6.08. The molecule has 3 heteroatoms. The van der Waals surface area contributed by atoms with Gasteiger partial charge in [-0.1, -0.05) is 5.92 Å². The Balaban J connectivity index is 2.28. The molecule has 1 rings (SSSR count). The maximum atomic E-state index is 10.5. The fourth-order valence-electron chi connectivity index (χ4n) is 1.22. The Hall–Kier alpha value is -1.01. The Morgan fingerprint density at radius 1 is 1.77 bits per heavy atom. The zero-order chi connectivity index (χ0) is 9.90. The van der Waals surface area contributed by atoms with Gasteiger partial charge in [-0.25, -0.2) is 0 Å². The fraction of sp³-hybridized carbons (Fsp3) is 0.700. The molecular formula is C10H14O3. The third-order valence-corrected chi connectivity index (χ3v) is 2.36. The van der Waals surface area contributed by atoms with Gasteiger partial charge in [-0.3, -0.25) is 4.79 Å². The van der Waals surface area contributed by atoms with Gasteiger partial charge < -0.3 is 9.84 Å². The largest absolute Gasteiger partial charge is 0.481 e. The zero-order valence-electron chi connectivity index (χ0n) is 7.75. The second-order valence-electron chi connectivity index (χ2n) is 3.69. The summed E-state index contributed by atoms with van der Waals surface area (Å²) in [4.78, 5) is 10.5. The van der Waals surface area contributed by atoms with Crippen molar-refractivity contribution in [3.63, 3.8) is 0 Å². The monoisotopic (exact) mass is 182 g/mol. The first-order valence-corrected chi connectivity index (χ1v) is 4.37. The van der Waals surface area contributed by atoms with Crippen LogP contribution in [0.25, 0.3) is 0 Å². The zero-order valence-corrected chi connectivity index (χ0v) is 7.75. The van der Waals surface area contributed by atoms with Crippen molar-refractivity contribution in [2.45, 2.75) is 32.3 Å². The lowest BCUT2D eigenvalue weighted by Gasteiger charge is -2.14. The highest BCUT2D eigenvalue weighted by molar-refractivity contribution is 5.68. The van der Waals surface area contributed by atoms with E-state index in [4.69, 9.17) is 16.3 Å². The lowest BCUT2D eigenvalue weighted by atomic mass is 10.0. The molecule has 1 N–H and O–H groups in total. The molecule has 1 unspecified atom stereocenters. The van der Waals surface area contributed by atoms with E-state index in [1.165, 1.54) is 0 Å². The Labute approximate surface area is 78.1 Å². The molecule has 72 valence electrons. The molecule has 13 heavy (non-hydrogen) atoms. The quantitative estimate of drug-likeness (QED) is 0.651. The first kappa shape index (κ1) is 10.1. The van der Waals surface area contributed by atoms with Crippen molar-refractivity contribution < 1.29 is 14.6 Å². The number of carboxylic acids is 1. The van der Waals surface area contributed by atoms with Crippen LogP contribution in [-0.2, 0) is 9.53 Å². The van der Waals surface area contributed by atoms with E-state index in [9.17, 15) is 4.79 Å². The minimum Gasteiger partial charge on any atom is -0.481 e. The van der Waals surface area contributed by atoms with Crippen LogP contribution in [0.2, 0.25) is 0 Å². The summed E-state index contributed by atoms with van der Waals surface area (Å²) in [5.74, 6) is 1.69. The molecule has 0 aliphatic heterocycles. The lowest BCUT2D eigenvalue weighted by Crippen LogP contribution is -2.18. The Morgan fingerprint density at radius 2 is 2.38 bits per heavy atom. The Morgan fingerprint density at radius 3 is 2.77 bits per heavy atom. The van der Waals surface area contributed by atoms with Gasteiger partial charge in [0.25, 0.3) is 0 Å². The molecule has 1 atom stereocenters. The number of hydrogen-bond acceptors (Lipinski definition) is 2. The van der Waals surface area contributed by atoms with Gasteiger partial charge in [-0.2, -0.15) is 0 Å². The molecule has 0 saturated heterocycles. The van der Waals surface area contributed by atoms with Crippen LogP contribution in [0.1, 0.15) is 26.2 Å². The van der Waals surface area contributed by atoms with E-state index in [0.717, 1.165) is 12.8 Å². The number of rotatable bonds is 5. The lowest BCUT2D eigenvalue weighted by molar-refractivity contribution is -0.139. The summed E-state index contributed by atoms with van der Waals surface area (Å²) in [5, 5.41) is 8.62. The number of carbonyl (C=O) groups is 1. The summed E-state index contributed by atoms with van der Waals surface area (Å²) in [6.45, 7) is 2.27. The maximum Gasteiger partial charge on any atom is 0.303 e. The molecule has 1 fully saturated rings. The molecule has 0 aromatic carbocycles. The van der Waals surface area contributed by atoms with E-state index in [1.54, 1.807) is 6.92 Å². The summed E-state index contributed by atoms with van der Waals surface area (Å²) in [6, 6.07) is 0. The number of hydrogen-bond donors (Lipinski definition) is 1. The average molecular weight is 182 g/mol. The molecular weight excluding hydrogens is 168 g/mol. The average Bonchev–Trinajstić information content (AvgIpc) is 2.80. The predicted molar refractivity (Wildman–Crippen MR) is 48.2 cm³/mol. The fourth-order valence-corrected chi connectivity index (χ4v) is 1.22. The highest BCUT2D eigenvalue weighted by atomic mass is 16.5. The van der Waals surface area contributed by atoms with Crippen LogP contribution in [0.4, 0.5) is 0 Å². The maximum absolute atomic E-state index is 10.5. The predicted octanol–water partition coefficient (Wildman–Crippen LogP) is 1.28. The minimum absolute atomic E-state index is 0.114. The molecule has 1 aliphatic rings. The molecule has 0 spiro atoms. The Bertz CT molecular complexity index is 235. The summed E-state index contributed by atoms with van der Waals surface area (Å²) < 4.78 is 5.32. The van der Waals surface area contributed by atoms with Gasteiger partial charge in [0.2, 0.25) is 0 Å². The standard InChI is InChI=1S/C10H14O3/c1-3-8(2)13-7-10(4-5-10)6-9(11)12/h1,8H,4-7H2,2H3,(H,11,12). The Kier molecular flexibility index (Phi) is 2.94. The molecule has 0 aromatic rings. The molecule has 0 radical (unpaired) electrons. The summed E-state index contributed by atoms with van der Waals surface area (Å²) in [7, 11) is 0. The summed E-state index contributed by atoms with van der Waals surface area (Å²) in [6.07, 6.45) is 7.00. The molecule has 0 bridgehead atoms. The van der Waals surface area contributed by atoms with Crippen molar-refractivity contribution in [2.75, 3.05) is 6.61 Å². The molecule has 0 amide bonds. The van der Waals surface area contributed by atoms with Crippen molar-refractivity contribution in [3.05, 3.63) is 0 Å². The number of carboxylic acid groups (broad SMARTS) is 1. The van der Waals surface area contributed by atoms with Crippen molar-refractivity contribution >= 4 is 5.97 Å². The van der Waals surface area contributed by atoms with E-state index in [-0.39, 0.29) is 17.9 Å². The normalized spacial score (nSPS) is 20.3. The van der Waals surface area contributed by atoms with Crippen LogP contribution in [-0.4, -0.2) is 23.8 Å². The number of ether oxygens (including phenoxy) is 1. The molecule has 3 nitrogen and oxygen atoms in total.